The largest absolute Gasteiger partial charge is 0.343 e. The first-order valence-electron chi connectivity index (χ1n) is 8.74. The van der Waals surface area contributed by atoms with E-state index in [1.165, 1.54) is 12.7 Å². The van der Waals surface area contributed by atoms with Crippen LogP contribution in [0, 0.1) is 0 Å². The van der Waals surface area contributed by atoms with Crippen LogP contribution in [0.1, 0.15) is 0 Å². The molecule has 0 unspecified atom stereocenters. The van der Waals surface area contributed by atoms with Crippen molar-refractivity contribution in [2.75, 3.05) is 0 Å². The minimum atomic E-state index is 0.843. The Morgan fingerprint density at radius 1 is 0.607 bits per heavy atom. The lowest BCUT2D eigenvalue weighted by molar-refractivity contribution is 0.416. The third kappa shape index (κ3) is 3.86. The molecule has 0 bridgehead atoms. The molecule has 5 aromatic rings. The van der Waals surface area contributed by atoms with Gasteiger partial charge in [0.1, 0.15) is 0 Å². The topological polar surface area (TPSA) is 69.6 Å². The van der Waals surface area contributed by atoms with Crippen LogP contribution in [0.5, 0.6) is 0 Å². The zero-order valence-electron chi connectivity index (χ0n) is 15.0. The molecule has 0 N–H and O–H groups in total. The molecular formula is C22H17N5O. The summed E-state index contributed by atoms with van der Waals surface area (Å²) in [5, 5.41) is 12.1. The zero-order chi connectivity index (χ0) is 19.0. The highest BCUT2D eigenvalue weighted by molar-refractivity contribution is 5.66. The average molecular weight is 367 g/mol. The summed E-state index contributed by atoms with van der Waals surface area (Å²) >= 11 is 0. The highest BCUT2D eigenvalue weighted by Gasteiger charge is 2.16. The van der Waals surface area contributed by atoms with Crippen molar-refractivity contribution in [1.29, 1.82) is 0 Å². The molecule has 0 fully saturated rings. The second-order valence-electron chi connectivity index (χ2n) is 5.83. The summed E-state index contributed by atoms with van der Waals surface area (Å²) in [5.74, 6) is 1.69. The Hall–Kier alpha value is -4.06. The summed E-state index contributed by atoms with van der Waals surface area (Å²) in [4.78, 5) is 3.44. The molecule has 2 heterocycles. The number of hydrogen-bond acceptors (Lipinski definition) is 5. The van der Waals surface area contributed by atoms with E-state index >= 15 is 0 Å². The van der Waals surface area contributed by atoms with Gasteiger partial charge in [-0.25, -0.2) is 4.98 Å². The van der Waals surface area contributed by atoms with Crippen molar-refractivity contribution in [1.82, 2.24) is 24.9 Å². The first kappa shape index (κ1) is 17.4. The molecular weight excluding hydrogens is 350 g/mol. The summed E-state index contributed by atoms with van der Waals surface area (Å²) in [6.07, 6.45) is 2.60. The lowest BCUT2D eigenvalue weighted by atomic mass is 10.1. The van der Waals surface area contributed by atoms with E-state index in [9.17, 15) is 0 Å². The van der Waals surface area contributed by atoms with Gasteiger partial charge in [0.25, 0.3) is 0 Å². The molecule has 0 aliphatic heterocycles. The third-order valence-electron chi connectivity index (χ3n) is 4.02. The Morgan fingerprint density at radius 3 is 1.50 bits per heavy atom. The van der Waals surface area contributed by atoms with Crippen molar-refractivity contribution in [3.63, 3.8) is 0 Å². The zero-order valence-corrected chi connectivity index (χ0v) is 15.0. The molecule has 0 spiro atoms. The van der Waals surface area contributed by atoms with Crippen LogP contribution in [0.2, 0.25) is 0 Å². The lowest BCUT2D eigenvalue weighted by Crippen LogP contribution is -2.00. The van der Waals surface area contributed by atoms with E-state index in [1.54, 1.807) is 0 Å². The van der Waals surface area contributed by atoms with Crippen molar-refractivity contribution < 1.29 is 4.52 Å². The molecule has 0 amide bonds. The molecule has 28 heavy (non-hydrogen) atoms. The van der Waals surface area contributed by atoms with Gasteiger partial charge in [0.05, 0.1) is 0 Å². The fourth-order valence-electron chi connectivity index (χ4n) is 2.79. The molecule has 2 aromatic heterocycles. The lowest BCUT2D eigenvalue weighted by Gasteiger charge is -2.10. The van der Waals surface area contributed by atoms with E-state index in [0.717, 1.165) is 28.5 Å². The molecule has 0 saturated carbocycles. The summed E-state index contributed by atoms with van der Waals surface area (Å²) < 4.78 is 6.32. The minimum absolute atomic E-state index is 0.843. The van der Waals surface area contributed by atoms with Crippen LogP contribution in [0.25, 0.3) is 28.5 Å². The molecule has 0 radical (unpaired) electrons. The summed E-state index contributed by atoms with van der Waals surface area (Å²) in [5.41, 5.74) is 3.15. The van der Waals surface area contributed by atoms with E-state index in [4.69, 9.17) is 0 Å². The van der Waals surface area contributed by atoms with E-state index in [2.05, 4.69) is 65.8 Å². The van der Waals surface area contributed by atoms with E-state index < -0.39 is 0 Å². The first-order valence-corrected chi connectivity index (χ1v) is 8.74. The van der Waals surface area contributed by atoms with Gasteiger partial charge < -0.3 is 4.52 Å². The number of hydrogen-bond donors (Lipinski definition) is 0. The van der Waals surface area contributed by atoms with Crippen molar-refractivity contribution >= 4 is 0 Å². The predicted molar refractivity (Wildman–Crippen MR) is 107 cm³/mol. The van der Waals surface area contributed by atoms with Gasteiger partial charge in [-0.05, 0) is 12.1 Å². The molecule has 0 saturated heterocycles. The van der Waals surface area contributed by atoms with Gasteiger partial charge in [-0.2, -0.15) is 0 Å². The Kier molecular flexibility index (Phi) is 5.30. The van der Waals surface area contributed by atoms with Crippen LogP contribution < -0.4 is 0 Å². The van der Waals surface area contributed by atoms with Gasteiger partial charge in [-0.1, -0.05) is 84.0 Å². The number of benzene rings is 3. The van der Waals surface area contributed by atoms with Crippen LogP contribution in [-0.2, 0) is 0 Å². The molecule has 6 nitrogen and oxygen atoms in total. The summed E-state index contributed by atoms with van der Waals surface area (Å²) in [6, 6.07) is 30.5. The highest BCUT2D eigenvalue weighted by Crippen LogP contribution is 2.27. The Morgan fingerprint density at radius 2 is 1.11 bits per heavy atom. The van der Waals surface area contributed by atoms with Crippen molar-refractivity contribution in [3.8, 4) is 28.5 Å². The minimum Gasteiger partial charge on any atom is -0.343 e. The van der Waals surface area contributed by atoms with Crippen LogP contribution in [-0.4, -0.2) is 24.9 Å². The quantitative estimate of drug-likeness (QED) is 0.463. The second kappa shape index (κ2) is 8.55. The van der Waals surface area contributed by atoms with Crippen molar-refractivity contribution in [2.45, 2.75) is 0 Å². The van der Waals surface area contributed by atoms with Gasteiger partial charge in [0.15, 0.2) is 18.0 Å². The normalized spacial score (nSPS) is 10.1. The predicted octanol–water partition coefficient (Wildman–Crippen LogP) is 4.67. The Bertz CT molecular complexity index is 1020. The molecule has 6 heteroatoms. The number of para-hydroxylation sites is 1. The Balaban J connectivity index is 0.000000336. The molecule has 136 valence electrons. The monoisotopic (exact) mass is 367 g/mol. The molecule has 3 aromatic carbocycles. The van der Waals surface area contributed by atoms with Crippen LogP contribution in [0.4, 0.5) is 0 Å². The third-order valence-corrected chi connectivity index (χ3v) is 4.02. The standard InChI is InChI=1S/C20H15N3.C2H2N2O/c1-4-10-16(11-5-1)19-21-22-20(17-12-6-2-7-13-17)23(19)18-14-8-3-9-15-18;1-3-2-5-4-1/h1-15H;1-2H. The van der Waals surface area contributed by atoms with Gasteiger partial charge in [-0.15, -0.1) is 10.2 Å². The molecule has 0 atom stereocenters. The summed E-state index contributed by atoms with van der Waals surface area (Å²) in [7, 11) is 0. The maximum atomic E-state index is 4.45. The van der Waals surface area contributed by atoms with Gasteiger partial charge in [0, 0.05) is 16.8 Å². The smallest absolute Gasteiger partial charge is 0.213 e. The van der Waals surface area contributed by atoms with Gasteiger partial charge >= 0.3 is 0 Å². The number of rotatable bonds is 3. The fourth-order valence-corrected chi connectivity index (χ4v) is 2.79. The highest BCUT2D eigenvalue weighted by atomic mass is 16.5. The van der Waals surface area contributed by atoms with E-state index in [-0.39, 0.29) is 0 Å². The number of aromatic nitrogens is 5. The second-order valence-corrected chi connectivity index (χ2v) is 5.83. The molecule has 5 rings (SSSR count). The summed E-state index contributed by atoms with van der Waals surface area (Å²) in [6.45, 7) is 0. The van der Waals surface area contributed by atoms with Crippen LogP contribution in [0.15, 0.2) is 108 Å². The number of nitrogens with zero attached hydrogens (tertiary/aromatic N) is 5. The van der Waals surface area contributed by atoms with E-state index in [0.29, 0.717) is 0 Å². The SMILES string of the molecule is c1ccc(-c2nnc(-c3ccccc3)n2-c2ccccc2)cc1.c1ncon1. The van der Waals surface area contributed by atoms with Gasteiger partial charge in [-0.3, -0.25) is 4.57 Å². The molecule has 0 aliphatic rings. The van der Waals surface area contributed by atoms with Crippen LogP contribution in [0.3, 0.4) is 0 Å². The van der Waals surface area contributed by atoms with Gasteiger partial charge in [0.2, 0.25) is 6.39 Å². The first-order chi connectivity index (χ1) is 13.9. The fraction of sp³-hybridized carbons (Fsp3) is 0. The maximum Gasteiger partial charge on any atom is 0.213 e. The Labute approximate surface area is 162 Å². The van der Waals surface area contributed by atoms with Crippen molar-refractivity contribution in [2.24, 2.45) is 0 Å². The maximum absolute atomic E-state index is 4.45. The average Bonchev–Trinajstić information content (AvgIpc) is 3.49. The molecule has 0 aliphatic carbocycles. The van der Waals surface area contributed by atoms with E-state index in [1.807, 2.05) is 54.6 Å². The van der Waals surface area contributed by atoms with Crippen molar-refractivity contribution in [3.05, 3.63) is 104 Å². The van der Waals surface area contributed by atoms with Crippen LogP contribution >= 0.6 is 0 Å².